The van der Waals surface area contributed by atoms with Crippen LogP contribution in [0.2, 0.25) is 0 Å². The second kappa shape index (κ2) is 8.30. The van der Waals surface area contributed by atoms with Gasteiger partial charge in [-0.1, -0.05) is 26.0 Å². The molecule has 30 heavy (non-hydrogen) atoms. The Balaban J connectivity index is 1.37. The number of aryl methyl sites for hydroxylation is 1. The average Bonchev–Trinajstić information content (AvgIpc) is 2.78. The maximum atomic E-state index is 12.9. The van der Waals surface area contributed by atoms with Gasteiger partial charge in [-0.3, -0.25) is 14.4 Å². The Morgan fingerprint density at radius 1 is 0.833 bits per heavy atom. The molecule has 0 saturated carbocycles. The van der Waals surface area contributed by atoms with Gasteiger partial charge in [0.15, 0.2) is 0 Å². The zero-order valence-corrected chi connectivity index (χ0v) is 17.5. The third kappa shape index (κ3) is 4.08. The molecule has 1 saturated heterocycles. The number of anilines is 1. The summed E-state index contributed by atoms with van der Waals surface area (Å²) in [6.07, 6.45) is 1.10. The molecule has 1 fully saturated rings. The molecule has 2 heterocycles. The van der Waals surface area contributed by atoms with Crippen molar-refractivity contribution < 1.29 is 14.4 Å². The van der Waals surface area contributed by atoms with E-state index in [-0.39, 0.29) is 17.7 Å². The molecule has 4 rings (SSSR count). The van der Waals surface area contributed by atoms with Crippen LogP contribution in [-0.4, -0.2) is 53.7 Å². The Hall–Kier alpha value is -3.15. The van der Waals surface area contributed by atoms with E-state index in [4.69, 9.17) is 0 Å². The maximum Gasteiger partial charge on any atom is 0.253 e. The Bertz CT molecular complexity index is 974. The molecule has 0 radical (unpaired) electrons. The Morgan fingerprint density at radius 2 is 1.40 bits per heavy atom. The van der Waals surface area contributed by atoms with Crippen molar-refractivity contribution in [2.75, 3.05) is 31.5 Å². The van der Waals surface area contributed by atoms with E-state index < -0.39 is 0 Å². The quantitative estimate of drug-likeness (QED) is 0.852. The molecular weight excluding hydrogens is 378 g/mol. The lowest BCUT2D eigenvalue weighted by Gasteiger charge is -2.35. The largest absolute Gasteiger partial charge is 0.335 e. The van der Waals surface area contributed by atoms with Crippen LogP contribution in [0.5, 0.6) is 0 Å². The van der Waals surface area contributed by atoms with Crippen LogP contribution >= 0.6 is 0 Å². The highest BCUT2D eigenvalue weighted by atomic mass is 16.2. The summed E-state index contributed by atoms with van der Waals surface area (Å²) < 4.78 is 0. The summed E-state index contributed by atoms with van der Waals surface area (Å²) in [5, 5.41) is 2.84. The number of nitrogens with zero attached hydrogens (tertiary/aromatic N) is 2. The van der Waals surface area contributed by atoms with Gasteiger partial charge in [0.05, 0.1) is 0 Å². The van der Waals surface area contributed by atoms with Crippen LogP contribution in [0.1, 0.15) is 58.0 Å². The highest BCUT2D eigenvalue weighted by Crippen LogP contribution is 2.24. The Labute approximate surface area is 176 Å². The van der Waals surface area contributed by atoms with Gasteiger partial charge in [-0.25, -0.2) is 0 Å². The lowest BCUT2D eigenvalue weighted by atomic mass is 9.99. The van der Waals surface area contributed by atoms with E-state index in [0.29, 0.717) is 56.1 Å². The zero-order valence-electron chi connectivity index (χ0n) is 17.5. The van der Waals surface area contributed by atoms with Crippen LogP contribution in [0.15, 0.2) is 42.5 Å². The van der Waals surface area contributed by atoms with Gasteiger partial charge in [-0.15, -0.1) is 0 Å². The van der Waals surface area contributed by atoms with Crippen molar-refractivity contribution in [1.29, 1.82) is 0 Å². The zero-order chi connectivity index (χ0) is 21.3. The van der Waals surface area contributed by atoms with Crippen molar-refractivity contribution in [2.24, 2.45) is 0 Å². The minimum absolute atomic E-state index is 0.0150. The minimum atomic E-state index is -0.0249. The molecule has 3 amide bonds. The second-order valence-corrected chi connectivity index (χ2v) is 8.28. The number of fused-ring (bicyclic) bond motifs is 1. The third-order valence-electron chi connectivity index (χ3n) is 5.93. The number of hydrogen-bond donors (Lipinski definition) is 1. The monoisotopic (exact) mass is 405 g/mol. The van der Waals surface area contributed by atoms with E-state index in [1.807, 2.05) is 35.2 Å². The van der Waals surface area contributed by atoms with Crippen molar-refractivity contribution >= 4 is 23.4 Å². The SMILES string of the molecule is CC(C)c1ccc(C(=O)N2CCN(C(=O)c3ccc4c(c3)CCC(=O)N4)CC2)cc1. The molecule has 0 unspecified atom stereocenters. The molecule has 2 aromatic rings. The van der Waals surface area contributed by atoms with Crippen LogP contribution in [-0.2, 0) is 11.2 Å². The van der Waals surface area contributed by atoms with Gasteiger partial charge in [0, 0.05) is 49.4 Å². The predicted octanol–water partition coefficient (Wildman–Crippen LogP) is 3.29. The minimum Gasteiger partial charge on any atom is -0.335 e. The summed E-state index contributed by atoms with van der Waals surface area (Å²) in [5.74, 6) is 0.440. The lowest BCUT2D eigenvalue weighted by Crippen LogP contribution is -2.50. The molecule has 2 aromatic carbocycles. The highest BCUT2D eigenvalue weighted by molar-refractivity contribution is 5.98. The normalized spacial score (nSPS) is 16.3. The van der Waals surface area contributed by atoms with Crippen LogP contribution in [0.3, 0.4) is 0 Å². The van der Waals surface area contributed by atoms with E-state index in [9.17, 15) is 14.4 Å². The van der Waals surface area contributed by atoms with Crippen molar-refractivity contribution in [3.63, 3.8) is 0 Å². The Morgan fingerprint density at radius 3 is 2.00 bits per heavy atom. The van der Waals surface area contributed by atoms with Crippen molar-refractivity contribution in [3.05, 3.63) is 64.7 Å². The fourth-order valence-electron chi connectivity index (χ4n) is 4.00. The summed E-state index contributed by atoms with van der Waals surface area (Å²) in [6, 6.07) is 13.3. The van der Waals surface area contributed by atoms with E-state index in [1.54, 1.807) is 17.0 Å². The number of benzene rings is 2. The fraction of sp³-hybridized carbons (Fsp3) is 0.375. The maximum absolute atomic E-state index is 12.9. The molecule has 2 aliphatic rings. The van der Waals surface area contributed by atoms with Gasteiger partial charge >= 0.3 is 0 Å². The molecule has 1 N–H and O–H groups in total. The molecule has 0 atom stereocenters. The molecule has 6 nitrogen and oxygen atoms in total. The van der Waals surface area contributed by atoms with Crippen molar-refractivity contribution in [2.45, 2.75) is 32.6 Å². The summed E-state index contributed by atoms with van der Waals surface area (Å²) in [4.78, 5) is 40.9. The van der Waals surface area contributed by atoms with Gasteiger partial charge < -0.3 is 15.1 Å². The van der Waals surface area contributed by atoms with Gasteiger partial charge in [0.25, 0.3) is 11.8 Å². The molecule has 6 heteroatoms. The summed E-state index contributed by atoms with van der Waals surface area (Å²) >= 11 is 0. The molecule has 0 aromatic heterocycles. The topological polar surface area (TPSA) is 69.7 Å². The number of nitrogens with one attached hydrogen (secondary N) is 1. The number of carbonyl (C=O) groups is 3. The van der Waals surface area contributed by atoms with E-state index >= 15 is 0 Å². The summed E-state index contributed by atoms with van der Waals surface area (Å²) in [5.41, 5.74) is 4.33. The first-order valence-electron chi connectivity index (χ1n) is 10.5. The molecule has 0 aliphatic carbocycles. The standard InChI is InChI=1S/C24H27N3O3/c1-16(2)17-3-5-18(6-4-17)23(29)26-11-13-27(14-12-26)24(30)20-7-9-21-19(15-20)8-10-22(28)25-21/h3-7,9,15-16H,8,10-14H2,1-2H3,(H,25,28). The van der Waals surface area contributed by atoms with Crippen LogP contribution in [0, 0.1) is 0 Å². The first-order chi connectivity index (χ1) is 14.4. The lowest BCUT2D eigenvalue weighted by molar-refractivity contribution is -0.116. The molecule has 2 aliphatic heterocycles. The van der Waals surface area contributed by atoms with Gasteiger partial charge in [-0.05, 0) is 53.8 Å². The third-order valence-corrected chi connectivity index (χ3v) is 5.93. The van der Waals surface area contributed by atoms with Gasteiger partial charge in [-0.2, -0.15) is 0 Å². The number of rotatable bonds is 3. The predicted molar refractivity (Wildman–Crippen MR) is 116 cm³/mol. The molecule has 0 bridgehead atoms. The average molecular weight is 405 g/mol. The van der Waals surface area contributed by atoms with Crippen LogP contribution in [0.25, 0.3) is 0 Å². The summed E-state index contributed by atoms with van der Waals surface area (Å²) in [6.45, 7) is 6.34. The van der Waals surface area contributed by atoms with Gasteiger partial charge in [0.2, 0.25) is 5.91 Å². The smallest absolute Gasteiger partial charge is 0.253 e. The van der Waals surface area contributed by atoms with Crippen molar-refractivity contribution in [3.8, 4) is 0 Å². The van der Waals surface area contributed by atoms with Crippen LogP contribution < -0.4 is 5.32 Å². The Kier molecular flexibility index (Phi) is 5.57. The number of piperazine rings is 1. The van der Waals surface area contributed by atoms with E-state index in [1.165, 1.54) is 5.56 Å². The number of carbonyl (C=O) groups excluding carboxylic acids is 3. The fourth-order valence-corrected chi connectivity index (χ4v) is 4.00. The second-order valence-electron chi connectivity index (χ2n) is 8.28. The number of hydrogen-bond acceptors (Lipinski definition) is 3. The molecule has 156 valence electrons. The van der Waals surface area contributed by atoms with E-state index in [0.717, 1.165) is 11.3 Å². The molecular formula is C24H27N3O3. The van der Waals surface area contributed by atoms with Crippen molar-refractivity contribution in [1.82, 2.24) is 9.80 Å². The highest BCUT2D eigenvalue weighted by Gasteiger charge is 2.26. The first-order valence-corrected chi connectivity index (χ1v) is 10.5. The van der Waals surface area contributed by atoms with Crippen LogP contribution in [0.4, 0.5) is 5.69 Å². The van der Waals surface area contributed by atoms with Gasteiger partial charge in [0.1, 0.15) is 0 Å². The van der Waals surface area contributed by atoms with E-state index in [2.05, 4.69) is 19.2 Å². The number of amides is 3. The summed E-state index contributed by atoms with van der Waals surface area (Å²) in [7, 11) is 0. The molecule has 0 spiro atoms. The first kappa shape index (κ1) is 20.1.